The largest absolute Gasteiger partial charge is 0.494 e. The number of rotatable bonds is 5. The number of hydrogen-bond donors (Lipinski definition) is 1. The minimum atomic E-state index is 0.363. The zero-order valence-electron chi connectivity index (χ0n) is 17.6. The van der Waals surface area contributed by atoms with Crippen LogP contribution in [-0.2, 0) is 13.1 Å². The molecule has 1 saturated heterocycles. The number of aromatic hydroxyl groups is 1. The van der Waals surface area contributed by atoms with Crippen molar-refractivity contribution in [2.45, 2.75) is 39.3 Å². The average molecular weight is 400 g/mol. The Morgan fingerprint density at radius 1 is 0.967 bits per heavy atom. The Labute approximate surface area is 177 Å². The molecule has 0 amide bonds. The molecule has 1 fully saturated rings. The van der Waals surface area contributed by atoms with Gasteiger partial charge in [-0.15, -0.1) is 0 Å². The molecule has 0 unspecified atom stereocenters. The molecule has 0 aliphatic carbocycles. The van der Waals surface area contributed by atoms with Crippen LogP contribution < -0.4 is 0 Å². The summed E-state index contributed by atoms with van der Waals surface area (Å²) in [5.41, 5.74) is 4.39. The minimum absolute atomic E-state index is 0.363. The molecule has 0 spiro atoms. The van der Waals surface area contributed by atoms with E-state index in [0.717, 1.165) is 65.9 Å². The maximum absolute atomic E-state index is 10.9. The van der Waals surface area contributed by atoms with Crippen LogP contribution in [0.2, 0.25) is 0 Å². The first-order valence-corrected chi connectivity index (χ1v) is 11.0. The second-order valence-corrected chi connectivity index (χ2v) is 8.65. The first-order valence-electron chi connectivity index (χ1n) is 11.0. The summed E-state index contributed by atoms with van der Waals surface area (Å²) in [6.07, 6.45) is 5.59. The average Bonchev–Trinajstić information content (AvgIpc) is 3.09. The number of fused-ring (bicyclic) bond motifs is 2. The van der Waals surface area contributed by atoms with Crippen molar-refractivity contribution in [2.75, 3.05) is 13.1 Å². The smallest absolute Gasteiger partial charge is 0.201 e. The lowest BCUT2D eigenvalue weighted by Gasteiger charge is -2.32. The van der Waals surface area contributed by atoms with Crippen LogP contribution >= 0.6 is 0 Å². The maximum Gasteiger partial charge on any atom is 0.201 e. The number of pyridine rings is 1. The summed E-state index contributed by atoms with van der Waals surface area (Å²) in [6, 6.07) is 18.9. The van der Waals surface area contributed by atoms with E-state index in [1.54, 1.807) is 0 Å². The summed E-state index contributed by atoms with van der Waals surface area (Å²) >= 11 is 0. The Balaban J connectivity index is 1.24. The van der Waals surface area contributed by atoms with Gasteiger partial charge in [-0.1, -0.05) is 48.5 Å². The quantitative estimate of drug-likeness (QED) is 0.481. The van der Waals surface area contributed by atoms with Gasteiger partial charge in [-0.25, -0.2) is 4.98 Å². The zero-order chi connectivity index (χ0) is 20.5. The van der Waals surface area contributed by atoms with Crippen LogP contribution in [0.5, 0.6) is 5.88 Å². The molecule has 0 bridgehead atoms. The molecule has 1 aliphatic heterocycles. The molecule has 0 saturated carbocycles. The van der Waals surface area contributed by atoms with Gasteiger partial charge in [0.05, 0.1) is 16.4 Å². The third kappa shape index (κ3) is 3.68. The van der Waals surface area contributed by atoms with Gasteiger partial charge < -0.3 is 9.67 Å². The topological polar surface area (TPSA) is 41.3 Å². The van der Waals surface area contributed by atoms with E-state index >= 15 is 0 Å². The van der Waals surface area contributed by atoms with Gasteiger partial charge in [0.2, 0.25) is 5.88 Å². The lowest BCUT2D eigenvalue weighted by Crippen LogP contribution is -2.33. The Hall–Kier alpha value is -2.85. The third-order valence-corrected chi connectivity index (χ3v) is 6.69. The van der Waals surface area contributed by atoms with Crippen LogP contribution in [0, 0.1) is 12.8 Å². The molecule has 4 heteroatoms. The molecular weight excluding hydrogens is 370 g/mol. The second kappa shape index (κ2) is 8.11. The Morgan fingerprint density at radius 2 is 1.70 bits per heavy atom. The second-order valence-electron chi connectivity index (χ2n) is 8.65. The number of piperidine rings is 1. The molecule has 154 valence electrons. The van der Waals surface area contributed by atoms with Crippen molar-refractivity contribution in [3.05, 3.63) is 71.9 Å². The molecule has 5 rings (SSSR count). The normalized spacial score (nSPS) is 15.9. The lowest BCUT2D eigenvalue weighted by atomic mass is 9.93. The van der Waals surface area contributed by atoms with E-state index in [0.29, 0.717) is 5.88 Å². The summed E-state index contributed by atoms with van der Waals surface area (Å²) in [7, 11) is 0. The van der Waals surface area contributed by atoms with E-state index in [2.05, 4.69) is 48.2 Å². The van der Waals surface area contributed by atoms with Crippen LogP contribution in [0.1, 0.15) is 30.4 Å². The van der Waals surface area contributed by atoms with Crippen molar-refractivity contribution in [1.82, 2.24) is 14.5 Å². The standard InChI is InChI=1S/C26H29N3O/c1-19-22-9-5-6-10-23(22)27-24-18-29(26(30)25(19)24)16-13-20-11-14-28(15-12-20)17-21-7-3-2-4-8-21/h2-10,18,20,30H,11-17H2,1H3. The number of benzene rings is 2. The SMILES string of the molecule is Cc1c2ccccc2nc2cn(CCC3CCN(Cc4ccccc4)CC3)c(O)c12. The van der Waals surface area contributed by atoms with E-state index in [-0.39, 0.29) is 0 Å². The number of likely N-dealkylation sites (tertiary alicyclic amines) is 1. The molecule has 30 heavy (non-hydrogen) atoms. The van der Waals surface area contributed by atoms with Gasteiger partial charge in [-0.3, -0.25) is 4.90 Å². The lowest BCUT2D eigenvalue weighted by molar-refractivity contribution is 0.168. The van der Waals surface area contributed by atoms with Gasteiger partial charge in [0.25, 0.3) is 0 Å². The molecule has 0 atom stereocenters. The van der Waals surface area contributed by atoms with Crippen molar-refractivity contribution in [3.8, 4) is 5.88 Å². The zero-order valence-corrected chi connectivity index (χ0v) is 17.6. The number of para-hydroxylation sites is 1. The highest BCUT2D eigenvalue weighted by molar-refractivity contribution is 5.99. The van der Waals surface area contributed by atoms with Crippen LogP contribution in [0.3, 0.4) is 0 Å². The minimum Gasteiger partial charge on any atom is -0.494 e. The molecule has 3 heterocycles. The van der Waals surface area contributed by atoms with Gasteiger partial charge in [0.1, 0.15) is 0 Å². The monoisotopic (exact) mass is 399 g/mol. The van der Waals surface area contributed by atoms with E-state index in [4.69, 9.17) is 4.98 Å². The third-order valence-electron chi connectivity index (χ3n) is 6.69. The molecule has 2 aromatic heterocycles. The number of hydrogen-bond acceptors (Lipinski definition) is 3. The van der Waals surface area contributed by atoms with Gasteiger partial charge in [0.15, 0.2) is 0 Å². The number of nitrogens with zero attached hydrogens (tertiary/aromatic N) is 3. The predicted octanol–water partition coefficient (Wildman–Crippen LogP) is 5.51. The van der Waals surface area contributed by atoms with Crippen LogP contribution in [0.25, 0.3) is 21.8 Å². The molecule has 1 N–H and O–H groups in total. The van der Waals surface area contributed by atoms with E-state index in [1.807, 2.05) is 29.0 Å². The van der Waals surface area contributed by atoms with Crippen molar-refractivity contribution in [1.29, 1.82) is 0 Å². The highest BCUT2D eigenvalue weighted by Crippen LogP contribution is 2.34. The summed E-state index contributed by atoms with van der Waals surface area (Å²) in [5, 5.41) is 12.9. The fourth-order valence-electron chi connectivity index (χ4n) is 4.90. The van der Waals surface area contributed by atoms with Gasteiger partial charge >= 0.3 is 0 Å². The summed E-state index contributed by atoms with van der Waals surface area (Å²) in [6.45, 7) is 6.30. The van der Waals surface area contributed by atoms with E-state index in [9.17, 15) is 5.11 Å². The van der Waals surface area contributed by atoms with Crippen molar-refractivity contribution < 1.29 is 5.11 Å². The van der Waals surface area contributed by atoms with Gasteiger partial charge in [-0.05, 0) is 62.4 Å². The predicted molar refractivity (Wildman–Crippen MR) is 123 cm³/mol. The molecule has 1 aliphatic rings. The highest BCUT2D eigenvalue weighted by atomic mass is 16.3. The van der Waals surface area contributed by atoms with Crippen molar-refractivity contribution in [2.24, 2.45) is 5.92 Å². The van der Waals surface area contributed by atoms with Crippen molar-refractivity contribution >= 4 is 21.8 Å². The fraction of sp³-hybridized carbons (Fsp3) is 0.346. The first-order chi connectivity index (χ1) is 14.7. The van der Waals surface area contributed by atoms with Gasteiger partial charge in [-0.2, -0.15) is 0 Å². The Morgan fingerprint density at radius 3 is 2.50 bits per heavy atom. The first kappa shape index (κ1) is 19.1. The number of aryl methyl sites for hydroxylation is 2. The summed E-state index contributed by atoms with van der Waals surface area (Å²) in [4.78, 5) is 7.34. The van der Waals surface area contributed by atoms with Gasteiger partial charge in [0, 0.05) is 24.7 Å². The van der Waals surface area contributed by atoms with E-state index in [1.165, 1.54) is 18.4 Å². The Bertz CT molecular complexity index is 1160. The van der Waals surface area contributed by atoms with Crippen LogP contribution in [-0.4, -0.2) is 32.6 Å². The van der Waals surface area contributed by atoms with E-state index < -0.39 is 0 Å². The van der Waals surface area contributed by atoms with Crippen molar-refractivity contribution in [3.63, 3.8) is 0 Å². The molecular formula is C26H29N3O. The molecule has 4 aromatic rings. The van der Waals surface area contributed by atoms with Crippen LogP contribution in [0.15, 0.2) is 60.8 Å². The van der Waals surface area contributed by atoms with Crippen LogP contribution in [0.4, 0.5) is 0 Å². The highest BCUT2D eigenvalue weighted by Gasteiger charge is 2.20. The molecule has 4 nitrogen and oxygen atoms in total. The molecule has 0 radical (unpaired) electrons. The maximum atomic E-state index is 10.9. The Kier molecular flexibility index (Phi) is 5.17. The fourth-order valence-corrected chi connectivity index (χ4v) is 4.90. The molecule has 2 aromatic carbocycles. The summed E-state index contributed by atoms with van der Waals surface area (Å²) in [5.74, 6) is 1.08. The number of aromatic nitrogens is 2. The summed E-state index contributed by atoms with van der Waals surface area (Å²) < 4.78 is 2.00.